The van der Waals surface area contributed by atoms with Crippen LogP contribution in [0.4, 0.5) is 0 Å². The Kier molecular flexibility index (Phi) is 5.92. The molecule has 6 heteroatoms. The number of hydrogen-bond acceptors (Lipinski definition) is 5. The minimum Gasteiger partial charge on any atom is -0.338 e. The highest BCUT2D eigenvalue weighted by atomic mass is 16.5. The SMILES string of the molecule is Cc1ccc(-c2noc(CN3CCN(C(=O)c4ccc(C(C)(C)C)cc4)CC3)n2)cc1. The summed E-state index contributed by atoms with van der Waals surface area (Å²) >= 11 is 0. The van der Waals surface area contributed by atoms with E-state index < -0.39 is 0 Å². The van der Waals surface area contributed by atoms with Crippen molar-refractivity contribution in [1.82, 2.24) is 19.9 Å². The molecule has 0 spiro atoms. The quantitative estimate of drug-likeness (QED) is 0.632. The predicted molar refractivity (Wildman–Crippen MR) is 121 cm³/mol. The number of nitrogens with zero attached hydrogens (tertiary/aromatic N) is 4. The summed E-state index contributed by atoms with van der Waals surface area (Å²) in [5.74, 6) is 1.31. The molecule has 1 saturated heterocycles. The number of aryl methyl sites for hydroxylation is 1. The van der Waals surface area contributed by atoms with Gasteiger partial charge >= 0.3 is 0 Å². The molecule has 1 aromatic heterocycles. The number of carbonyl (C=O) groups excluding carboxylic acids is 1. The molecule has 0 unspecified atom stereocenters. The second-order valence-electron chi connectivity index (χ2n) is 9.27. The lowest BCUT2D eigenvalue weighted by Gasteiger charge is -2.34. The minimum absolute atomic E-state index is 0.0846. The van der Waals surface area contributed by atoms with Gasteiger partial charge in [0.2, 0.25) is 11.7 Å². The number of hydrogen-bond donors (Lipinski definition) is 0. The molecule has 0 aliphatic carbocycles. The lowest BCUT2D eigenvalue weighted by molar-refractivity contribution is 0.0615. The highest BCUT2D eigenvalue weighted by Crippen LogP contribution is 2.23. The molecule has 6 nitrogen and oxygen atoms in total. The Labute approximate surface area is 183 Å². The van der Waals surface area contributed by atoms with Crippen molar-refractivity contribution in [3.05, 3.63) is 71.1 Å². The molecule has 0 radical (unpaired) electrons. The summed E-state index contributed by atoms with van der Waals surface area (Å²) in [5.41, 5.74) is 4.22. The van der Waals surface area contributed by atoms with Gasteiger partial charge in [-0.3, -0.25) is 9.69 Å². The number of aromatic nitrogens is 2. The van der Waals surface area contributed by atoms with Gasteiger partial charge in [-0.1, -0.05) is 67.9 Å². The average Bonchev–Trinajstić information content (AvgIpc) is 3.22. The molecule has 3 aromatic rings. The molecule has 0 saturated carbocycles. The minimum atomic E-state index is 0.0846. The van der Waals surface area contributed by atoms with Gasteiger partial charge in [0.05, 0.1) is 6.54 Å². The number of amides is 1. The van der Waals surface area contributed by atoms with E-state index in [2.05, 4.69) is 54.9 Å². The van der Waals surface area contributed by atoms with Crippen LogP contribution in [0.15, 0.2) is 53.1 Å². The van der Waals surface area contributed by atoms with Crippen LogP contribution >= 0.6 is 0 Å². The van der Waals surface area contributed by atoms with Crippen LogP contribution in [-0.2, 0) is 12.0 Å². The summed E-state index contributed by atoms with van der Waals surface area (Å²) in [6, 6.07) is 16.1. The first kappa shape index (κ1) is 21.2. The van der Waals surface area contributed by atoms with Crippen LogP contribution in [0.2, 0.25) is 0 Å². The fourth-order valence-electron chi connectivity index (χ4n) is 3.73. The van der Waals surface area contributed by atoms with E-state index in [1.54, 1.807) is 0 Å². The van der Waals surface area contributed by atoms with E-state index in [1.165, 1.54) is 11.1 Å². The van der Waals surface area contributed by atoms with Crippen LogP contribution in [0.3, 0.4) is 0 Å². The third kappa shape index (κ3) is 5.02. The van der Waals surface area contributed by atoms with Crippen molar-refractivity contribution >= 4 is 5.91 Å². The summed E-state index contributed by atoms with van der Waals surface area (Å²) in [6.07, 6.45) is 0. The Morgan fingerprint density at radius 1 is 0.968 bits per heavy atom. The van der Waals surface area contributed by atoms with Crippen molar-refractivity contribution in [3.63, 3.8) is 0 Å². The van der Waals surface area contributed by atoms with Crippen molar-refractivity contribution in [1.29, 1.82) is 0 Å². The van der Waals surface area contributed by atoms with Gasteiger partial charge in [-0.2, -0.15) is 4.98 Å². The molecular weight excluding hydrogens is 388 g/mol. The molecule has 1 amide bonds. The number of benzene rings is 2. The van der Waals surface area contributed by atoms with Gasteiger partial charge in [-0.25, -0.2) is 0 Å². The third-order valence-electron chi connectivity index (χ3n) is 5.79. The van der Waals surface area contributed by atoms with Crippen LogP contribution in [0.5, 0.6) is 0 Å². The van der Waals surface area contributed by atoms with Crippen molar-refractivity contribution in [2.45, 2.75) is 39.7 Å². The van der Waals surface area contributed by atoms with Crippen molar-refractivity contribution in [3.8, 4) is 11.4 Å². The van der Waals surface area contributed by atoms with E-state index in [-0.39, 0.29) is 11.3 Å². The first-order valence-electron chi connectivity index (χ1n) is 10.8. The van der Waals surface area contributed by atoms with Crippen molar-refractivity contribution in [2.24, 2.45) is 0 Å². The summed E-state index contributed by atoms with van der Waals surface area (Å²) in [7, 11) is 0. The Morgan fingerprint density at radius 2 is 1.61 bits per heavy atom. The van der Waals surface area contributed by atoms with Gasteiger partial charge in [-0.05, 0) is 30.0 Å². The highest BCUT2D eigenvalue weighted by molar-refractivity contribution is 5.94. The standard InChI is InChI=1S/C25H30N4O2/c1-18-5-7-19(8-6-18)23-26-22(31-27-23)17-28-13-15-29(16-14-28)24(30)20-9-11-21(12-10-20)25(2,3)4/h5-12H,13-17H2,1-4H3. The molecule has 0 N–H and O–H groups in total. The van der Waals surface area contributed by atoms with Crippen LogP contribution in [0.1, 0.15) is 48.1 Å². The zero-order valence-electron chi connectivity index (χ0n) is 18.8. The Bertz CT molecular complexity index is 1020. The molecule has 0 bridgehead atoms. The maximum atomic E-state index is 12.9. The van der Waals surface area contributed by atoms with E-state index in [0.29, 0.717) is 31.3 Å². The smallest absolute Gasteiger partial charge is 0.253 e. The average molecular weight is 419 g/mol. The van der Waals surface area contributed by atoms with Crippen LogP contribution < -0.4 is 0 Å². The van der Waals surface area contributed by atoms with E-state index >= 15 is 0 Å². The fourth-order valence-corrected chi connectivity index (χ4v) is 3.73. The van der Waals surface area contributed by atoms with E-state index in [4.69, 9.17) is 4.52 Å². The first-order valence-corrected chi connectivity index (χ1v) is 10.8. The summed E-state index contributed by atoms with van der Waals surface area (Å²) < 4.78 is 5.45. The van der Waals surface area contributed by atoms with Gasteiger partial charge in [0, 0.05) is 37.3 Å². The van der Waals surface area contributed by atoms with E-state index in [9.17, 15) is 4.79 Å². The van der Waals surface area contributed by atoms with Crippen LogP contribution in [0.25, 0.3) is 11.4 Å². The van der Waals surface area contributed by atoms with Crippen LogP contribution in [0, 0.1) is 6.92 Å². The molecule has 2 heterocycles. The second kappa shape index (κ2) is 8.63. The summed E-state index contributed by atoms with van der Waals surface area (Å²) in [5, 5.41) is 4.11. The van der Waals surface area contributed by atoms with E-state index in [0.717, 1.165) is 24.2 Å². The van der Waals surface area contributed by atoms with Gasteiger partial charge in [0.1, 0.15) is 0 Å². The second-order valence-corrected chi connectivity index (χ2v) is 9.27. The summed E-state index contributed by atoms with van der Waals surface area (Å²) in [4.78, 5) is 21.6. The lowest BCUT2D eigenvalue weighted by Crippen LogP contribution is -2.48. The van der Waals surface area contributed by atoms with Gasteiger partial charge in [-0.15, -0.1) is 0 Å². The van der Waals surface area contributed by atoms with Crippen LogP contribution in [-0.4, -0.2) is 52.0 Å². The molecule has 1 fully saturated rings. The summed E-state index contributed by atoms with van der Waals surface area (Å²) in [6.45, 7) is 12.1. The number of piperazine rings is 1. The Hall–Kier alpha value is -2.99. The lowest BCUT2D eigenvalue weighted by atomic mass is 9.86. The Morgan fingerprint density at radius 3 is 2.23 bits per heavy atom. The maximum Gasteiger partial charge on any atom is 0.253 e. The fraction of sp³-hybridized carbons (Fsp3) is 0.400. The first-order chi connectivity index (χ1) is 14.8. The zero-order valence-corrected chi connectivity index (χ0v) is 18.8. The number of rotatable bonds is 4. The number of carbonyl (C=O) groups is 1. The van der Waals surface area contributed by atoms with Crippen molar-refractivity contribution < 1.29 is 9.32 Å². The third-order valence-corrected chi connectivity index (χ3v) is 5.79. The van der Waals surface area contributed by atoms with Crippen molar-refractivity contribution in [2.75, 3.05) is 26.2 Å². The van der Waals surface area contributed by atoms with Gasteiger partial charge in [0.15, 0.2) is 0 Å². The molecule has 2 aromatic carbocycles. The maximum absolute atomic E-state index is 12.9. The molecule has 162 valence electrons. The van der Waals surface area contributed by atoms with E-state index in [1.807, 2.05) is 41.3 Å². The largest absolute Gasteiger partial charge is 0.338 e. The molecule has 4 rings (SSSR count). The molecule has 31 heavy (non-hydrogen) atoms. The zero-order chi connectivity index (χ0) is 22.0. The molecule has 1 aliphatic heterocycles. The Balaban J connectivity index is 1.32. The highest BCUT2D eigenvalue weighted by Gasteiger charge is 2.24. The monoisotopic (exact) mass is 418 g/mol. The molecule has 0 atom stereocenters. The topological polar surface area (TPSA) is 62.5 Å². The van der Waals surface area contributed by atoms with Gasteiger partial charge < -0.3 is 9.42 Å². The van der Waals surface area contributed by atoms with Gasteiger partial charge in [0.25, 0.3) is 5.91 Å². The molecule has 1 aliphatic rings. The normalized spacial score (nSPS) is 15.3. The predicted octanol–water partition coefficient (Wildman–Crippen LogP) is 4.30. The molecular formula is C25H30N4O2.